The maximum atomic E-state index is 13.1. The van der Waals surface area contributed by atoms with Crippen LogP contribution in [0.1, 0.15) is 25.8 Å². The maximum Gasteiger partial charge on any atom is 0.124 e. The van der Waals surface area contributed by atoms with Crippen LogP contribution in [0.5, 0.6) is 0 Å². The zero-order chi connectivity index (χ0) is 15.5. The van der Waals surface area contributed by atoms with E-state index in [1.165, 1.54) is 12.1 Å². The van der Waals surface area contributed by atoms with Crippen LogP contribution in [-0.2, 0) is 11.2 Å². The molecule has 1 aromatic rings. The Morgan fingerprint density at radius 3 is 2.67 bits per heavy atom. The second kappa shape index (κ2) is 7.05. The lowest BCUT2D eigenvalue weighted by Crippen LogP contribution is -2.61. The quantitative estimate of drug-likeness (QED) is 0.908. The van der Waals surface area contributed by atoms with Crippen LogP contribution < -0.4 is 5.73 Å². The first-order valence-electron chi connectivity index (χ1n) is 7.49. The smallest absolute Gasteiger partial charge is 0.124 e. The van der Waals surface area contributed by atoms with Crippen molar-refractivity contribution in [2.75, 3.05) is 26.3 Å². The Hall–Kier alpha value is -0.680. The standard InChI is InChI=1S/C16H24ClFN2O/c1-3-16(2,20-6-8-21-9-7-20)15(19)10-12-4-5-13(18)11-14(12)17/h4-5,11,15H,3,6-10,19H2,1-2H3. The summed E-state index contributed by atoms with van der Waals surface area (Å²) in [4.78, 5) is 2.40. The zero-order valence-corrected chi connectivity index (χ0v) is 13.5. The zero-order valence-electron chi connectivity index (χ0n) is 12.7. The minimum atomic E-state index is -0.316. The highest BCUT2D eigenvalue weighted by atomic mass is 35.5. The SMILES string of the molecule is CCC(C)(C(N)Cc1ccc(F)cc1Cl)N1CCOCC1. The predicted molar refractivity (Wildman–Crippen MR) is 84.2 cm³/mol. The third-order valence-corrected chi connectivity index (χ3v) is 5.05. The molecule has 0 aromatic heterocycles. The Balaban J connectivity index is 2.13. The lowest BCUT2D eigenvalue weighted by atomic mass is 9.84. The molecule has 1 fully saturated rings. The van der Waals surface area contributed by atoms with Crippen molar-refractivity contribution in [2.45, 2.75) is 38.3 Å². The largest absolute Gasteiger partial charge is 0.379 e. The molecule has 118 valence electrons. The fourth-order valence-corrected chi connectivity index (χ4v) is 3.18. The molecular weight excluding hydrogens is 291 g/mol. The van der Waals surface area contributed by atoms with Crippen molar-refractivity contribution >= 4 is 11.6 Å². The van der Waals surface area contributed by atoms with Gasteiger partial charge in [0.25, 0.3) is 0 Å². The predicted octanol–water partition coefficient (Wildman–Crippen LogP) is 2.85. The molecule has 0 amide bonds. The van der Waals surface area contributed by atoms with Crippen molar-refractivity contribution in [3.05, 3.63) is 34.6 Å². The van der Waals surface area contributed by atoms with E-state index in [-0.39, 0.29) is 17.4 Å². The van der Waals surface area contributed by atoms with Crippen LogP contribution in [-0.4, -0.2) is 42.8 Å². The summed E-state index contributed by atoms with van der Waals surface area (Å²) < 4.78 is 18.6. The van der Waals surface area contributed by atoms with Crippen LogP contribution >= 0.6 is 11.6 Å². The number of morpholine rings is 1. The van der Waals surface area contributed by atoms with Crippen molar-refractivity contribution in [1.29, 1.82) is 0 Å². The number of nitrogens with zero attached hydrogens (tertiary/aromatic N) is 1. The van der Waals surface area contributed by atoms with E-state index in [1.807, 2.05) is 0 Å². The molecule has 1 saturated heterocycles. The van der Waals surface area contributed by atoms with Gasteiger partial charge in [-0.3, -0.25) is 4.90 Å². The molecule has 0 spiro atoms. The Bertz CT molecular complexity index is 479. The van der Waals surface area contributed by atoms with Crippen molar-refractivity contribution in [3.63, 3.8) is 0 Å². The minimum absolute atomic E-state index is 0.0661. The molecule has 0 aliphatic carbocycles. The van der Waals surface area contributed by atoms with Gasteiger partial charge in [-0.2, -0.15) is 0 Å². The second-order valence-corrected chi connectivity index (χ2v) is 6.26. The highest BCUT2D eigenvalue weighted by molar-refractivity contribution is 6.31. The van der Waals surface area contributed by atoms with Gasteiger partial charge >= 0.3 is 0 Å². The van der Waals surface area contributed by atoms with Gasteiger partial charge in [0.2, 0.25) is 0 Å². The molecule has 0 bridgehead atoms. The summed E-state index contributed by atoms with van der Waals surface area (Å²) in [6.07, 6.45) is 1.59. The van der Waals surface area contributed by atoms with Gasteiger partial charge in [0.1, 0.15) is 5.82 Å². The number of hydrogen-bond donors (Lipinski definition) is 1. The fraction of sp³-hybridized carbons (Fsp3) is 0.625. The molecule has 1 heterocycles. The van der Waals surface area contributed by atoms with Gasteiger partial charge in [-0.05, 0) is 37.5 Å². The monoisotopic (exact) mass is 314 g/mol. The van der Waals surface area contributed by atoms with Gasteiger partial charge in [-0.15, -0.1) is 0 Å². The first kappa shape index (κ1) is 16.7. The molecule has 1 aliphatic heterocycles. The Kier molecular flexibility index (Phi) is 5.60. The molecular formula is C16H24ClFN2O. The molecule has 1 aliphatic rings. The van der Waals surface area contributed by atoms with Gasteiger partial charge < -0.3 is 10.5 Å². The van der Waals surface area contributed by atoms with Gasteiger partial charge in [0.15, 0.2) is 0 Å². The molecule has 0 radical (unpaired) electrons. The Morgan fingerprint density at radius 1 is 1.43 bits per heavy atom. The van der Waals surface area contributed by atoms with Crippen LogP contribution in [0, 0.1) is 5.82 Å². The lowest BCUT2D eigenvalue weighted by Gasteiger charge is -2.46. The van der Waals surface area contributed by atoms with E-state index in [4.69, 9.17) is 22.1 Å². The van der Waals surface area contributed by atoms with Crippen molar-refractivity contribution in [2.24, 2.45) is 5.73 Å². The first-order valence-corrected chi connectivity index (χ1v) is 7.87. The summed E-state index contributed by atoms with van der Waals surface area (Å²) in [6.45, 7) is 7.64. The molecule has 2 atom stereocenters. The van der Waals surface area contributed by atoms with Gasteiger partial charge in [-0.25, -0.2) is 4.39 Å². The van der Waals surface area contributed by atoms with E-state index < -0.39 is 0 Å². The van der Waals surface area contributed by atoms with Gasteiger partial charge in [0, 0.05) is 29.7 Å². The average molecular weight is 315 g/mol. The van der Waals surface area contributed by atoms with Gasteiger partial charge in [0.05, 0.1) is 13.2 Å². The first-order chi connectivity index (χ1) is 9.97. The van der Waals surface area contributed by atoms with E-state index in [0.29, 0.717) is 11.4 Å². The summed E-state index contributed by atoms with van der Waals surface area (Å²) >= 11 is 6.12. The number of benzene rings is 1. The normalized spacial score (nSPS) is 21.0. The van der Waals surface area contributed by atoms with Crippen LogP contribution in [0.3, 0.4) is 0 Å². The third kappa shape index (κ3) is 3.75. The van der Waals surface area contributed by atoms with Crippen molar-refractivity contribution in [1.82, 2.24) is 4.90 Å². The summed E-state index contributed by atoms with van der Waals surface area (Å²) in [5, 5.41) is 0.450. The highest BCUT2D eigenvalue weighted by Crippen LogP contribution is 2.28. The molecule has 2 N–H and O–H groups in total. The molecule has 1 aromatic carbocycles. The fourth-order valence-electron chi connectivity index (χ4n) is 2.94. The van der Waals surface area contributed by atoms with Crippen molar-refractivity contribution < 1.29 is 9.13 Å². The molecule has 3 nitrogen and oxygen atoms in total. The summed E-state index contributed by atoms with van der Waals surface area (Å²) in [7, 11) is 0. The van der Waals surface area contributed by atoms with E-state index >= 15 is 0 Å². The highest BCUT2D eigenvalue weighted by Gasteiger charge is 2.37. The summed E-state index contributed by atoms with van der Waals surface area (Å²) in [5.41, 5.74) is 7.29. The van der Waals surface area contributed by atoms with E-state index in [1.54, 1.807) is 6.07 Å². The second-order valence-electron chi connectivity index (χ2n) is 5.86. The Labute approximate surface area is 131 Å². The van der Waals surface area contributed by atoms with Crippen LogP contribution in [0.2, 0.25) is 5.02 Å². The summed E-state index contributed by atoms with van der Waals surface area (Å²) in [5.74, 6) is -0.316. The molecule has 21 heavy (non-hydrogen) atoms. The summed E-state index contributed by atoms with van der Waals surface area (Å²) in [6, 6.07) is 4.45. The number of hydrogen-bond acceptors (Lipinski definition) is 3. The van der Waals surface area contributed by atoms with Crippen LogP contribution in [0.4, 0.5) is 4.39 Å². The number of halogens is 2. The maximum absolute atomic E-state index is 13.1. The third-order valence-electron chi connectivity index (χ3n) is 4.70. The molecule has 2 unspecified atom stereocenters. The molecule has 0 saturated carbocycles. The van der Waals surface area contributed by atoms with E-state index in [9.17, 15) is 4.39 Å². The van der Waals surface area contributed by atoms with Gasteiger partial charge in [-0.1, -0.05) is 24.6 Å². The topological polar surface area (TPSA) is 38.5 Å². The Morgan fingerprint density at radius 2 is 2.10 bits per heavy atom. The molecule has 5 heteroatoms. The van der Waals surface area contributed by atoms with Crippen LogP contribution in [0.25, 0.3) is 0 Å². The number of nitrogens with two attached hydrogens (primary N) is 1. The van der Waals surface area contributed by atoms with Crippen LogP contribution in [0.15, 0.2) is 18.2 Å². The van der Waals surface area contributed by atoms with Crippen molar-refractivity contribution in [3.8, 4) is 0 Å². The molecule has 2 rings (SSSR count). The number of rotatable bonds is 5. The average Bonchev–Trinajstić information content (AvgIpc) is 2.50. The lowest BCUT2D eigenvalue weighted by molar-refractivity contribution is -0.0272. The number of ether oxygens (including phenoxy) is 1. The van der Waals surface area contributed by atoms with E-state index in [0.717, 1.165) is 38.3 Å². The minimum Gasteiger partial charge on any atom is -0.379 e. The van der Waals surface area contributed by atoms with E-state index in [2.05, 4.69) is 18.7 Å².